The molecule has 0 atom stereocenters. The molecule has 0 bridgehead atoms. The average Bonchev–Trinajstić information content (AvgIpc) is 2.99. The Bertz CT molecular complexity index is 422. The molecule has 26 heavy (non-hydrogen) atoms. The van der Waals surface area contributed by atoms with Crippen molar-refractivity contribution < 1.29 is 4.57 Å². The van der Waals surface area contributed by atoms with E-state index in [2.05, 4.69) is 42.4 Å². The molecule has 0 radical (unpaired) electrons. The second kappa shape index (κ2) is 16.4. The van der Waals surface area contributed by atoms with Gasteiger partial charge in [-0.25, -0.2) is 9.13 Å². The van der Waals surface area contributed by atoms with E-state index in [0.717, 1.165) is 0 Å². The first-order valence-corrected chi connectivity index (χ1v) is 11.8. The molecular weight excluding hydrogens is 316 g/mol. The van der Waals surface area contributed by atoms with Crippen LogP contribution in [0.4, 0.5) is 0 Å². The highest BCUT2D eigenvalue weighted by Gasteiger charge is 2.13. The number of hydrogen-bond acceptors (Lipinski definition) is 0. The fourth-order valence-corrected chi connectivity index (χ4v) is 3.91. The molecule has 0 N–H and O–H groups in total. The van der Waals surface area contributed by atoms with E-state index in [1.54, 1.807) is 0 Å². The SMILES string of the molecule is CCCCCCCCCCCCCc1n(C)cc[n+]1CCCCCCC. The molecule has 0 spiro atoms. The van der Waals surface area contributed by atoms with Gasteiger partial charge in [0.05, 0.1) is 13.6 Å². The van der Waals surface area contributed by atoms with E-state index in [9.17, 15) is 0 Å². The van der Waals surface area contributed by atoms with Crippen molar-refractivity contribution in [3.05, 3.63) is 18.2 Å². The second-order valence-electron chi connectivity index (χ2n) is 8.22. The minimum atomic E-state index is 1.21. The van der Waals surface area contributed by atoms with Crippen molar-refractivity contribution >= 4 is 0 Å². The van der Waals surface area contributed by atoms with Crippen molar-refractivity contribution in [2.24, 2.45) is 7.05 Å². The summed E-state index contributed by atoms with van der Waals surface area (Å²) in [6.45, 7) is 5.79. The van der Waals surface area contributed by atoms with Gasteiger partial charge in [-0.3, -0.25) is 0 Å². The summed E-state index contributed by atoms with van der Waals surface area (Å²) in [5.41, 5.74) is 0. The molecule has 0 unspecified atom stereocenters. The van der Waals surface area contributed by atoms with Gasteiger partial charge >= 0.3 is 0 Å². The van der Waals surface area contributed by atoms with Gasteiger partial charge in [0.25, 0.3) is 5.82 Å². The van der Waals surface area contributed by atoms with E-state index < -0.39 is 0 Å². The number of nitrogens with zero attached hydrogens (tertiary/aromatic N) is 2. The summed E-state index contributed by atoms with van der Waals surface area (Å²) in [6, 6.07) is 0. The van der Waals surface area contributed by atoms with Crippen LogP contribution in [0.3, 0.4) is 0 Å². The summed E-state index contributed by atoms with van der Waals surface area (Å²) in [7, 11) is 2.21. The number of rotatable bonds is 18. The number of hydrogen-bond donors (Lipinski definition) is 0. The average molecular weight is 364 g/mol. The Kier molecular flexibility index (Phi) is 14.7. The molecule has 1 aromatic rings. The molecule has 152 valence electrons. The molecule has 2 nitrogen and oxygen atoms in total. The van der Waals surface area contributed by atoms with E-state index in [-0.39, 0.29) is 0 Å². The predicted octanol–water partition coefficient (Wildman–Crippen LogP) is 7.14. The third-order valence-corrected chi connectivity index (χ3v) is 5.72. The maximum absolute atomic E-state index is 2.50. The van der Waals surface area contributed by atoms with Crippen LogP contribution in [0.5, 0.6) is 0 Å². The summed E-state index contributed by atoms with van der Waals surface area (Å²) in [6.07, 6.45) is 28.3. The number of aryl methyl sites for hydroxylation is 2. The van der Waals surface area contributed by atoms with Crippen LogP contribution in [-0.2, 0) is 20.0 Å². The first kappa shape index (κ1) is 23.2. The van der Waals surface area contributed by atoms with Gasteiger partial charge in [0.15, 0.2) is 0 Å². The Morgan fingerprint density at radius 1 is 0.654 bits per heavy atom. The topological polar surface area (TPSA) is 8.81 Å². The highest BCUT2D eigenvalue weighted by Crippen LogP contribution is 2.12. The molecule has 0 aliphatic carbocycles. The molecule has 0 aliphatic rings. The highest BCUT2D eigenvalue weighted by atomic mass is 15.1. The van der Waals surface area contributed by atoms with Crippen LogP contribution >= 0.6 is 0 Å². The zero-order valence-corrected chi connectivity index (χ0v) is 18.3. The summed E-state index contributed by atoms with van der Waals surface area (Å²) in [5, 5.41) is 0. The van der Waals surface area contributed by atoms with Crippen LogP contribution in [0.25, 0.3) is 0 Å². The van der Waals surface area contributed by atoms with Crippen LogP contribution in [-0.4, -0.2) is 4.57 Å². The lowest BCUT2D eigenvalue weighted by Crippen LogP contribution is -2.37. The van der Waals surface area contributed by atoms with Gasteiger partial charge < -0.3 is 0 Å². The maximum atomic E-state index is 2.50. The molecule has 2 heteroatoms. The smallest absolute Gasteiger partial charge is 0.237 e. The standard InChI is InChI=1S/C24H47N2/c1-4-6-8-10-11-12-13-14-15-16-18-20-24-25(3)22-23-26(24)21-19-17-9-7-5-2/h22-23H,4-21H2,1-3H3/q+1. The molecule has 1 rings (SSSR count). The zero-order chi connectivity index (χ0) is 18.9. The minimum absolute atomic E-state index is 1.21. The first-order valence-electron chi connectivity index (χ1n) is 11.8. The van der Waals surface area contributed by atoms with Crippen molar-refractivity contribution in [1.82, 2.24) is 4.57 Å². The van der Waals surface area contributed by atoms with Crippen molar-refractivity contribution in [1.29, 1.82) is 0 Å². The lowest BCUT2D eigenvalue weighted by Gasteiger charge is -2.04. The van der Waals surface area contributed by atoms with Crippen LogP contribution in [0.1, 0.15) is 122 Å². The normalized spacial score (nSPS) is 11.3. The van der Waals surface area contributed by atoms with E-state index in [1.165, 1.54) is 122 Å². The van der Waals surface area contributed by atoms with E-state index in [0.29, 0.717) is 0 Å². The summed E-state index contributed by atoms with van der Waals surface area (Å²) in [5.74, 6) is 1.52. The molecule has 1 heterocycles. The quantitative estimate of drug-likeness (QED) is 0.194. The lowest BCUT2D eigenvalue weighted by atomic mass is 10.1. The third kappa shape index (κ3) is 11.0. The zero-order valence-electron chi connectivity index (χ0n) is 18.3. The van der Waals surface area contributed by atoms with E-state index in [1.807, 2.05) is 0 Å². The van der Waals surface area contributed by atoms with Gasteiger partial charge in [0, 0.05) is 6.42 Å². The Balaban J connectivity index is 2.05. The van der Waals surface area contributed by atoms with Crippen LogP contribution in [0, 0.1) is 0 Å². The molecule has 0 saturated carbocycles. The Morgan fingerprint density at radius 2 is 1.12 bits per heavy atom. The van der Waals surface area contributed by atoms with Gasteiger partial charge in [-0.05, 0) is 19.3 Å². The summed E-state index contributed by atoms with van der Waals surface area (Å²) in [4.78, 5) is 0. The summed E-state index contributed by atoms with van der Waals surface area (Å²) < 4.78 is 4.84. The van der Waals surface area contributed by atoms with E-state index >= 15 is 0 Å². The van der Waals surface area contributed by atoms with Crippen molar-refractivity contribution in [3.8, 4) is 0 Å². The molecule has 0 fully saturated rings. The monoisotopic (exact) mass is 363 g/mol. The van der Waals surface area contributed by atoms with Crippen LogP contribution in [0.15, 0.2) is 12.4 Å². The maximum Gasteiger partial charge on any atom is 0.256 e. The van der Waals surface area contributed by atoms with Crippen molar-refractivity contribution in [3.63, 3.8) is 0 Å². The number of unbranched alkanes of at least 4 members (excludes halogenated alkanes) is 14. The first-order chi connectivity index (χ1) is 12.8. The van der Waals surface area contributed by atoms with Gasteiger partial charge in [0.1, 0.15) is 12.4 Å². The molecule has 0 aromatic carbocycles. The fourth-order valence-electron chi connectivity index (χ4n) is 3.91. The minimum Gasteiger partial charge on any atom is -0.237 e. The molecule has 1 aromatic heterocycles. The summed E-state index contributed by atoms with van der Waals surface area (Å²) >= 11 is 0. The largest absolute Gasteiger partial charge is 0.256 e. The lowest BCUT2D eigenvalue weighted by molar-refractivity contribution is -0.704. The van der Waals surface area contributed by atoms with Crippen LogP contribution in [0.2, 0.25) is 0 Å². The Labute approximate surface area is 164 Å². The predicted molar refractivity (Wildman–Crippen MR) is 115 cm³/mol. The second-order valence-corrected chi connectivity index (χ2v) is 8.22. The molecule has 0 aliphatic heterocycles. The van der Waals surface area contributed by atoms with Gasteiger partial charge in [-0.1, -0.05) is 97.3 Å². The molecular formula is C24H47N2+. The Hall–Kier alpha value is -0.790. The number of imidazole rings is 1. The Morgan fingerprint density at radius 3 is 1.65 bits per heavy atom. The van der Waals surface area contributed by atoms with Crippen LogP contribution < -0.4 is 4.57 Å². The van der Waals surface area contributed by atoms with E-state index in [4.69, 9.17) is 0 Å². The third-order valence-electron chi connectivity index (χ3n) is 5.72. The van der Waals surface area contributed by atoms with Gasteiger partial charge in [-0.2, -0.15) is 0 Å². The van der Waals surface area contributed by atoms with Crippen molar-refractivity contribution in [2.45, 2.75) is 130 Å². The van der Waals surface area contributed by atoms with Crippen molar-refractivity contribution in [2.75, 3.05) is 0 Å². The molecule has 0 saturated heterocycles. The fraction of sp³-hybridized carbons (Fsp3) is 0.875. The number of aromatic nitrogens is 2. The van der Waals surface area contributed by atoms with Gasteiger partial charge in [-0.15, -0.1) is 0 Å². The highest BCUT2D eigenvalue weighted by molar-refractivity contribution is 4.82. The van der Waals surface area contributed by atoms with Gasteiger partial charge in [0.2, 0.25) is 0 Å². The molecule has 0 amide bonds.